The van der Waals surface area contributed by atoms with Crippen molar-refractivity contribution in [3.63, 3.8) is 0 Å². The van der Waals surface area contributed by atoms with Gasteiger partial charge in [0.25, 0.3) is 0 Å². The highest BCUT2D eigenvalue weighted by Crippen LogP contribution is 2.31. The fourth-order valence-corrected chi connectivity index (χ4v) is 3.31. The van der Waals surface area contributed by atoms with E-state index in [2.05, 4.69) is 5.32 Å². The van der Waals surface area contributed by atoms with E-state index < -0.39 is 0 Å². The molecule has 0 aromatic heterocycles. The molecule has 3 rings (SSSR count). The van der Waals surface area contributed by atoms with Crippen LogP contribution in [-0.4, -0.2) is 18.4 Å². The average Bonchev–Trinajstić information content (AvgIpc) is 2.62. The number of carbonyl (C=O) groups excluding carboxylic acids is 2. The Bertz CT molecular complexity index is 815. The van der Waals surface area contributed by atoms with Gasteiger partial charge in [-0.1, -0.05) is 43.6 Å². The number of fused-ring (bicyclic) bond motifs is 1. The fourth-order valence-electron chi connectivity index (χ4n) is 3.19. The lowest BCUT2D eigenvalue weighted by molar-refractivity contribution is -0.121. The molecule has 5 heteroatoms. The quantitative estimate of drug-likeness (QED) is 0.863. The number of hydrogen-bond donors (Lipinski definition) is 1. The Labute approximate surface area is 159 Å². The van der Waals surface area contributed by atoms with Crippen LogP contribution in [0.15, 0.2) is 42.5 Å². The van der Waals surface area contributed by atoms with E-state index in [0.717, 1.165) is 36.2 Å². The fraction of sp³-hybridized carbons (Fsp3) is 0.333. The van der Waals surface area contributed by atoms with E-state index >= 15 is 0 Å². The summed E-state index contributed by atoms with van der Waals surface area (Å²) in [4.78, 5) is 26.7. The topological polar surface area (TPSA) is 49.4 Å². The van der Waals surface area contributed by atoms with Crippen LogP contribution >= 0.6 is 11.6 Å². The van der Waals surface area contributed by atoms with Crippen LogP contribution in [0.5, 0.6) is 0 Å². The van der Waals surface area contributed by atoms with Crippen molar-refractivity contribution in [3.05, 3.63) is 58.6 Å². The lowest BCUT2D eigenvalue weighted by Gasteiger charge is -2.31. The van der Waals surface area contributed by atoms with E-state index in [1.807, 2.05) is 49.1 Å². The van der Waals surface area contributed by atoms with E-state index in [0.29, 0.717) is 10.7 Å². The van der Waals surface area contributed by atoms with Gasteiger partial charge >= 0.3 is 0 Å². The molecule has 0 radical (unpaired) electrons. The zero-order valence-corrected chi connectivity index (χ0v) is 15.8. The molecular formula is C21H23ClN2O2. The highest BCUT2D eigenvalue weighted by atomic mass is 35.5. The number of aryl methyl sites for hydroxylation is 1. The summed E-state index contributed by atoms with van der Waals surface area (Å²) in [5.74, 6) is -0.0236. The van der Waals surface area contributed by atoms with Crippen molar-refractivity contribution in [2.75, 3.05) is 16.8 Å². The summed E-state index contributed by atoms with van der Waals surface area (Å²) in [6.07, 6.45) is 2.20. The molecule has 1 aliphatic rings. The number of amides is 2. The Hall–Kier alpha value is -2.33. The van der Waals surface area contributed by atoms with Gasteiger partial charge in [0.05, 0.1) is 6.42 Å². The second kappa shape index (κ2) is 7.92. The van der Waals surface area contributed by atoms with Crippen molar-refractivity contribution in [2.24, 2.45) is 5.92 Å². The highest BCUT2D eigenvalue weighted by molar-refractivity contribution is 6.30. The Morgan fingerprint density at radius 1 is 1.15 bits per heavy atom. The summed E-state index contributed by atoms with van der Waals surface area (Å²) in [5, 5.41) is 3.59. The maximum absolute atomic E-state index is 12.5. The van der Waals surface area contributed by atoms with Gasteiger partial charge in [0.2, 0.25) is 11.8 Å². The summed E-state index contributed by atoms with van der Waals surface area (Å²) >= 11 is 5.87. The average molecular weight is 371 g/mol. The minimum atomic E-state index is -0.0928. The van der Waals surface area contributed by atoms with Gasteiger partial charge < -0.3 is 10.2 Å². The third-order valence-electron chi connectivity index (χ3n) is 4.53. The zero-order valence-electron chi connectivity index (χ0n) is 15.1. The molecule has 2 aromatic carbocycles. The number of rotatable bonds is 4. The molecular weight excluding hydrogens is 348 g/mol. The SMILES string of the molecule is CC(C)C(=O)N1CCCc2ccc(NC(=O)Cc3ccc(Cl)cc3)cc21. The number of benzene rings is 2. The molecule has 4 nitrogen and oxygen atoms in total. The van der Waals surface area contributed by atoms with E-state index in [-0.39, 0.29) is 24.2 Å². The molecule has 0 saturated carbocycles. The van der Waals surface area contributed by atoms with E-state index in [1.54, 1.807) is 12.1 Å². The molecule has 0 saturated heterocycles. The van der Waals surface area contributed by atoms with Crippen molar-refractivity contribution in [1.82, 2.24) is 0 Å². The number of nitrogens with zero attached hydrogens (tertiary/aromatic N) is 1. The Morgan fingerprint density at radius 2 is 1.88 bits per heavy atom. The third-order valence-corrected chi connectivity index (χ3v) is 4.78. The molecule has 0 fully saturated rings. The van der Waals surface area contributed by atoms with Gasteiger partial charge in [-0.15, -0.1) is 0 Å². The maximum atomic E-state index is 12.5. The lowest BCUT2D eigenvalue weighted by Crippen LogP contribution is -2.38. The van der Waals surface area contributed by atoms with Crippen LogP contribution in [0.2, 0.25) is 5.02 Å². The second-order valence-electron chi connectivity index (χ2n) is 6.94. The molecule has 1 N–H and O–H groups in total. The van der Waals surface area contributed by atoms with Crippen molar-refractivity contribution >= 4 is 34.8 Å². The molecule has 0 atom stereocenters. The van der Waals surface area contributed by atoms with Gasteiger partial charge in [0.15, 0.2) is 0 Å². The number of anilines is 2. The van der Waals surface area contributed by atoms with Gasteiger partial charge in [-0.25, -0.2) is 0 Å². The first-order valence-electron chi connectivity index (χ1n) is 8.92. The minimum absolute atomic E-state index is 0.0518. The molecule has 136 valence electrons. The summed E-state index contributed by atoms with van der Waals surface area (Å²) in [5.41, 5.74) is 3.69. The van der Waals surface area contributed by atoms with E-state index in [4.69, 9.17) is 11.6 Å². The smallest absolute Gasteiger partial charge is 0.229 e. The molecule has 1 heterocycles. The molecule has 1 aliphatic heterocycles. The summed E-state index contributed by atoms with van der Waals surface area (Å²) in [7, 11) is 0. The first-order chi connectivity index (χ1) is 12.4. The maximum Gasteiger partial charge on any atom is 0.229 e. The Balaban J connectivity index is 1.75. The molecule has 2 aromatic rings. The number of nitrogens with one attached hydrogen (secondary N) is 1. The van der Waals surface area contributed by atoms with Crippen LogP contribution in [0.4, 0.5) is 11.4 Å². The third kappa shape index (κ3) is 4.25. The molecule has 0 unspecified atom stereocenters. The predicted octanol–water partition coefficient (Wildman–Crippen LogP) is 4.46. The van der Waals surface area contributed by atoms with Crippen molar-refractivity contribution < 1.29 is 9.59 Å². The number of halogens is 1. The van der Waals surface area contributed by atoms with E-state index in [9.17, 15) is 9.59 Å². The largest absolute Gasteiger partial charge is 0.326 e. The van der Waals surface area contributed by atoms with Crippen LogP contribution in [0, 0.1) is 5.92 Å². The highest BCUT2D eigenvalue weighted by Gasteiger charge is 2.24. The molecule has 26 heavy (non-hydrogen) atoms. The van der Waals surface area contributed by atoms with Crippen molar-refractivity contribution in [1.29, 1.82) is 0 Å². The van der Waals surface area contributed by atoms with Crippen molar-refractivity contribution in [3.8, 4) is 0 Å². The first-order valence-corrected chi connectivity index (χ1v) is 9.30. The summed E-state index contributed by atoms with van der Waals surface area (Å²) in [6, 6.07) is 13.1. The number of carbonyl (C=O) groups is 2. The van der Waals surface area contributed by atoms with Crippen LogP contribution in [0.3, 0.4) is 0 Å². The molecule has 0 bridgehead atoms. The van der Waals surface area contributed by atoms with Gasteiger partial charge in [0, 0.05) is 28.9 Å². The van der Waals surface area contributed by atoms with Crippen LogP contribution in [0.1, 0.15) is 31.4 Å². The second-order valence-corrected chi connectivity index (χ2v) is 7.38. The van der Waals surface area contributed by atoms with Crippen LogP contribution < -0.4 is 10.2 Å². The standard InChI is InChI=1S/C21H23ClN2O2/c1-14(2)21(26)24-11-3-4-16-7-10-18(13-19(16)24)23-20(25)12-15-5-8-17(22)9-6-15/h5-10,13-14H,3-4,11-12H2,1-2H3,(H,23,25). The number of hydrogen-bond acceptors (Lipinski definition) is 2. The molecule has 0 spiro atoms. The summed E-state index contributed by atoms with van der Waals surface area (Å²) in [6.45, 7) is 4.55. The monoisotopic (exact) mass is 370 g/mol. The van der Waals surface area contributed by atoms with Crippen molar-refractivity contribution in [2.45, 2.75) is 33.1 Å². The molecule has 2 amide bonds. The normalized spacial score (nSPS) is 13.5. The van der Waals surface area contributed by atoms with E-state index in [1.165, 1.54) is 0 Å². The minimum Gasteiger partial charge on any atom is -0.326 e. The molecule has 0 aliphatic carbocycles. The predicted molar refractivity (Wildman–Crippen MR) is 106 cm³/mol. The van der Waals surface area contributed by atoms with Gasteiger partial charge in [0.1, 0.15) is 0 Å². The summed E-state index contributed by atoms with van der Waals surface area (Å²) < 4.78 is 0. The van der Waals surface area contributed by atoms with Gasteiger partial charge in [-0.2, -0.15) is 0 Å². The Morgan fingerprint density at radius 3 is 2.58 bits per heavy atom. The van der Waals surface area contributed by atoms with Crippen LogP contribution in [-0.2, 0) is 22.4 Å². The van der Waals surface area contributed by atoms with Gasteiger partial charge in [-0.3, -0.25) is 9.59 Å². The van der Waals surface area contributed by atoms with Crippen LogP contribution in [0.25, 0.3) is 0 Å². The van der Waals surface area contributed by atoms with Gasteiger partial charge in [-0.05, 0) is 48.2 Å². The zero-order chi connectivity index (χ0) is 18.7. The lowest BCUT2D eigenvalue weighted by atomic mass is 9.99. The first kappa shape index (κ1) is 18.5. The Kier molecular flexibility index (Phi) is 5.62.